The molecule has 1 fully saturated rings. The van der Waals surface area contributed by atoms with E-state index in [9.17, 15) is 21.6 Å². The van der Waals surface area contributed by atoms with Gasteiger partial charge >= 0.3 is 5.97 Å². The van der Waals surface area contributed by atoms with Crippen molar-refractivity contribution in [2.75, 3.05) is 11.5 Å². The molecular weight excluding hydrogens is 354 g/mol. The van der Waals surface area contributed by atoms with Gasteiger partial charge in [0.05, 0.1) is 33.4 Å². The predicted molar refractivity (Wildman–Crippen MR) is 80.5 cm³/mol. The fraction of sp³-hybridized carbons (Fsp3) is 0.417. The molecule has 2 rings (SSSR count). The number of rotatable bonds is 4. The molecule has 1 saturated heterocycles. The van der Waals surface area contributed by atoms with Crippen LogP contribution in [0.25, 0.3) is 0 Å². The molecule has 0 spiro atoms. The minimum atomic E-state index is -4.08. The molecule has 122 valence electrons. The van der Waals surface area contributed by atoms with E-state index in [4.69, 9.17) is 16.7 Å². The predicted octanol–water partition coefficient (Wildman–Crippen LogP) is 0.376. The number of hydrogen-bond donors (Lipinski definition) is 2. The SMILES string of the molecule is Cc1ccc(C(=O)O)cc1S(=O)(=O)N[C@H]1CS(=O)(=O)C[C@H]1Cl. The van der Waals surface area contributed by atoms with Gasteiger partial charge in [-0.25, -0.2) is 26.4 Å². The second-order valence-corrected chi connectivity index (χ2v) is 9.50. The van der Waals surface area contributed by atoms with Crippen LogP contribution in [0.2, 0.25) is 0 Å². The number of aromatic carboxylic acids is 1. The van der Waals surface area contributed by atoms with E-state index in [2.05, 4.69) is 4.72 Å². The van der Waals surface area contributed by atoms with Crippen LogP contribution in [0.15, 0.2) is 23.1 Å². The molecule has 7 nitrogen and oxygen atoms in total. The Kier molecular flexibility index (Phi) is 4.54. The first-order valence-corrected chi connectivity index (χ1v) is 9.97. The molecule has 0 radical (unpaired) electrons. The van der Waals surface area contributed by atoms with Gasteiger partial charge in [0, 0.05) is 0 Å². The number of benzene rings is 1. The summed E-state index contributed by atoms with van der Waals surface area (Å²) in [7, 11) is -7.46. The van der Waals surface area contributed by atoms with E-state index in [-0.39, 0.29) is 22.0 Å². The molecule has 0 saturated carbocycles. The monoisotopic (exact) mass is 367 g/mol. The number of halogens is 1. The van der Waals surface area contributed by atoms with E-state index in [1.54, 1.807) is 0 Å². The quantitative estimate of drug-likeness (QED) is 0.742. The molecule has 1 heterocycles. The molecule has 0 aliphatic carbocycles. The number of aryl methyl sites for hydroxylation is 1. The minimum Gasteiger partial charge on any atom is -0.478 e. The van der Waals surface area contributed by atoms with Crippen molar-refractivity contribution >= 4 is 37.4 Å². The molecule has 2 N–H and O–H groups in total. The highest BCUT2D eigenvalue weighted by Crippen LogP contribution is 2.22. The normalized spacial score (nSPS) is 24.3. The lowest BCUT2D eigenvalue weighted by atomic mass is 10.1. The number of sulfonamides is 1. The van der Waals surface area contributed by atoms with Crippen LogP contribution in [0.5, 0.6) is 0 Å². The van der Waals surface area contributed by atoms with Crippen LogP contribution in [0.1, 0.15) is 15.9 Å². The van der Waals surface area contributed by atoms with Gasteiger partial charge < -0.3 is 5.11 Å². The Morgan fingerprint density at radius 3 is 2.50 bits per heavy atom. The zero-order valence-corrected chi connectivity index (χ0v) is 13.9. The van der Waals surface area contributed by atoms with Gasteiger partial charge in [-0.1, -0.05) is 6.07 Å². The Morgan fingerprint density at radius 2 is 2.00 bits per heavy atom. The number of carboxylic acid groups (broad SMARTS) is 1. The van der Waals surface area contributed by atoms with E-state index in [1.807, 2.05) is 0 Å². The van der Waals surface area contributed by atoms with Crippen molar-refractivity contribution in [2.45, 2.75) is 23.2 Å². The van der Waals surface area contributed by atoms with Crippen molar-refractivity contribution in [3.8, 4) is 0 Å². The number of hydrogen-bond acceptors (Lipinski definition) is 5. The second-order valence-electron chi connectivity index (χ2n) is 5.11. The standard InChI is InChI=1S/C12H14ClNO6S2/c1-7-2-3-8(12(15)16)4-11(7)22(19,20)14-10-6-21(17,18)5-9(10)13/h2-4,9-10,14H,5-6H2,1H3,(H,15,16)/t9-,10+/m1/s1. The Balaban J connectivity index is 2.35. The number of nitrogens with one attached hydrogen (secondary N) is 1. The first kappa shape index (κ1) is 17.2. The van der Waals surface area contributed by atoms with Gasteiger partial charge in [-0.2, -0.15) is 0 Å². The second kappa shape index (κ2) is 5.80. The Bertz CT molecular complexity index is 818. The van der Waals surface area contributed by atoms with Crippen LogP contribution in [0.4, 0.5) is 0 Å². The van der Waals surface area contributed by atoms with Crippen LogP contribution in [0.3, 0.4) is 0 Å². The van der Waals surface area contributed by atoms with Crippen molar-refractivity contribution < 1.29 is 26.7 Å². The topological polar surface area (TPSA) is 118 Å². The van der Waals surface area contributed by atoms with Crippen LogP contribution < -0.4 is 4.72 Å². The highest BCUT2D eigenvalue weighted by atomic mass is 35.5. The Labute approximate surface area is 133 Å². The fourth-order valence-electron chi connectivity index (χ4n) is 2.20. The number of sulfone groups is 1. The third-order valence-corrected chi connectivity index (χ3v) is 7.32. The molecule has 0 bridgehead atoms. The largest absolute Gasteiger partial charge is 0.478 e. The molecule has 1 aliphatic heterocycles. The average molecular weight is 368 g/mol. The zero-order valence-electron chi connectivity index (χ0n) is 11.5. The van der Waals surface area contributed by atoms with Gasteiger partial charge in [0.25, 0.3) is 0 Å². The van der Waals surface area contributed by atoms with Crippen molar-refractivity contribution in [1.29, 1.82) is 0 Å². The van der Waals surface area contributed by atoms with Gasteiger partial charge in [0.15, 0.2) is 9.84 Å². The maximum atomic E-state index is 12.4. The first-order valence-electron chi connectivity index (χ1n) is 6.22. The van der Waals surface area contributed by atoms with E-state index >= 15 is 0 Å². The van der Waals surface area contributed by atoms with Gasteiger partial charge in [-0.05, 0) is 24.6 Å². The number of alkyl halides is 1. The lowest BCUT2D eigenvalue weighted by molar-refractivity contribution is 0.0696. The molecule has 1 aromatic rings. The third-order valence-electron chi connectivity index (χ3n) is 3.31. The summed E-state index contributed by atoms with van der Waals surface area (Å²) >= 11 is 5.88. The average Bonchev–Trinajstić information content (AvgIpc) is 2.61. The van der Waals surface area contributed by atoms with Crippen molar-refractivity contribution in [3.05, 3.63) is 29.3 Å². The highest BCUT2D eigenvalue weighted by molar-refractivity contribution is 7.92. The first-order chi connectivity index (χ1) is 10.0. The smallest absolute Gasteiger partial charge is 0.335 e. The molecule has 10 heteroatoms. The van der Waals surface area contributed by atoms with Crippen LogP contribution >= 0.6 is 11.6 Å². The third kappa shape index (κ3) is 3.60. The molecule has 0 aromatic heterocycles. The molecular formula is C12H14ClNO6S2. The minimum absolute atomic E-state index is 0.174. The molecule has 1 aliphatic rings. The van der Waals surface area contributed by atoms with Crippen molar-refractivity contribution in [3.63, 3.8) is 0 Å². The molecule has 1 aromatic carbocycles. The summed E-state index contributed by atoms with van der Waals surface area (Å²) < 4.78 is 50.0. The van der Waals surface area contributed by atoms with E-state index in [1.165, 1.54) is 19.1 Å². The molecule has 0 amide bonds. The summed E-state index contributed by atoms with van der Waals surface area (Å²) in [5.41, 5.74) is 0.178. The van der Waals surface area contributed by atoms with E-state index in [0.29, 0.717) is 5.56 Å². The van der Waals surface area contributed by atoms with Gasteiger partial charge in [-0.3, -0.25) is 0 Å². The van der Waals surface area contributed by atoms with Crippen molar-refractivity contribution in [1.82, 2.24) is 4.72 Å². The highest BCUT2D eigenvalue weighted by Gasteiger charge is 2.39. The van der Waals surface area contributed by atoms with Gasteiger partial charge in [0.1, 0.15) is 0 Å². The summed E-state index contributed by atoms with van der Waals surface area (Å²) in [4.78, 5) is 10.7. The summed E-state index contributed by atoms with van der Waals surface area (Å²) in [6, 6.07) is 2.76. The van der Waals surface area contributed by atoms with Crippen LogP contribution in [0, 0.1) is 6.92 Å². The maximum Gasteiger partial charge on any atom is 0.335 e. The maximum absolute atomic E-state index is 12.4. The molecule has 0 unspecified atom stereocenters. The van der Waals surface area contributed by atoms with Crippen LogP contribution in [-0.4, -0.2) is 50.8 Å². The fourth-order valence-corrected chi connectivity index (χ4v) is 6.48. The van der Waals surface area contributed by atoms with E-state index < -0.39 is 37.2 Å². The van der Waals surface area contributed by atoms with Gasteiger partial charge in [-0.15, -0.1) is 11.6 Å². The summed E-state index contributed by atoms with van der Waals surface area (Å²) in [5.74, 6) is -1.93. The number of carbonyl (C=O) groups is 1. The summed E-state index contributed by atoms with van der Waals surface area (Å²) in [6.45, 7) is 1.52. The Hall–Kier alpha value is -1.16. The van der Waals surface area contributed by atoms with Gasteiger partial charge in [0.2, 0.25) is 10.0 Å². The zero-order chi connectivity index (χ0) is 16.7. The van der Waals surface area contributed by atoms with Crippen LogP contribution in [-0.2, 0) is 19.9 Å². The molecule has 22 heavy (non-hydrogen) atoms. The lowest BCUT2D eigenvalue weighted by Gasteiger charge is -2.16. The van der Waals surface area contributed by atoms with E-state index in [0.717, 1.165) is 6.07 Å². The summed E-state index contributed by atoms with van der Waals surface area (Å²) in [5, 5.41) is 8.09. The van der Waals surface area contributed by atoms with Crippen molar-refractivity contribution in [2.24, 2.45) is 0 Å². The summed E-state index contributed by atoms with van der Waals surface area (Å²) in [6.07, 6.45) is 0. The Morgan fingerprint density at radius 1 is 1.36 bits per heavy atom. The number of carboxylic acids is 1. The molecule has 2 atom stereocenters. The lowest BCUT2D eigenvalue weighted by Crippen LogP contribution is -2.40.